The molecule has 0 spiro atoms. The van der Waals surface area contributed by atoms with Crippen molar-refractivity contribution in [2.24, 2.45) is 0 Å². The van der Waals surface area contributed by atoms with Gasteiger partial charge in [-0.2, -0.15) is 0 Å². The zero-order valence-electron chi connectivity index (χ0n) is 9.86. The van der Waals surface area contributed by atoms with Crippen LogP contribution in [0.4, 0.5) is 0 Å². The highest BCUT2D eigenvalue weighted by Gasteiger charge is 2.48. The van der Waals surface area contributed by atoms with Crippen LogP contribution in [0.2, 0.25) is 0 Å². The number of aliphatic hydroxyl groups excluding tert-OH is 1. The molecule has 94 valence electrons. The Morgan fingerprint density at radius 3 is 2.75 bits per heavy atom. The van der Waals surface area contributed by atoms with Gasteiger partial charge in [0.1, 0.15) is 0 Å². The summed E-state index contributed by atoms with van der Waals surface area (Å²) in [4.78, 5) is 11.3. The standard InChI is InChI=1S/C11H20O5/c1-3-10(2)8-11(9(13)14,4-6-15-10)16-7-5-12/h12H,3-8H2,1-2H3,(H,13,14). The molecule has 5 heteroatoms. The molecule has 2 unspecified atom stereocenters. The van der Waals surface area contributed by atoms with Crippen molar-refractivity contribution < 1.29 is 24.5 Å². The van der Waals surface area contributed by atoms with Crippen LogP contribution in [0.3, 0.4) is 0 Å². The number of aliphatic hydroxyl groups is 1. The molecule has 5 nitrogen and oxygen atoms in total. The van der Waals surface area contributed by atoms with Crippen LogP contribution in [0.1, 0.15) is 33.1 Å². The topological polar surface area (TPSA) is 76.0 Å². The highest BCUT2D eigenvalue weighted by atomic mass is 16.5. The third kappa shape index (κ3) is 2.72. The van der Waals surface area contributed by atoms with E-state index in [2.05, 4.69) is 0 Å². The minimum Gasteiger partial charge on any atom is -0.479 e. The molecule has 0 saturated carbocycles. The minimum atomic E-state index is -1.20. The van der Waals surface area contributed by atoms with Crippen molar-refractivity contribution in [2.45, 2.75) is 44.3 Å². The minimum absolute atomic E-state index is 0.0477. The van der Waals surface area contributed by atoms with Gasteiger partial charge >= 0.3 is 5.97 Å². The molecule has 1 rings (SSSR count). The molecule has 16 heavy (non-hydrogen) atoms. The van der Waals surface area contributed by atoms with E-state index in [4.69, 9.17) is 14.6 Å². The van der Waals surface area contributed by atoms with E-state index >= 15 is 0 Å². The second-order valence-electron chi connectivity index (χ2n) is 4.45. The molecule has 1 aliphatic heterocycles. The maximum Gasteiger partial charge on any atom is 0.336 e. The van der Waals surface area contributed by atoms with Crippen LogP contribution in [-0.4, -0.2) is 47.2 Å². The van der Waals surface area contributed by atoms with Crippen molar-refractivity contribution >= 4 is 5.97 Å². The van der Waals surface area contributed by atoms with Gasteiger partial charge in [-0.15, -0.1) is 0 Å². The van der Waals surface area contributed by atoms with E-state index in [1.54, 1.807) is 0 Å². The predicted molar refractivity (Wildman–Crippen MR) is 57.3 cm³/mol. The summed E-state index contributed by atoms with van der Waals surface area (Å²) in [6.45, 7) is 4.11. The number of carbonyl (C=O) groups is 1. The van der Waals surface area contributed by atoms with Gasteiger partial charge in [0.25, 0.3) is 0 Å². The van der Waals surface area contributed by atoms with E-state index in [0.717, 1.165) is 6.42 Å². The quantitative estimate of drug-likeness (QED) is 0.733. The number of hydrogen-bond acceptors (Lipinski definition) is 4. The second-order valence-corrected chi connectivity index (χ2v) is 4.45. The number of aliphatic carboxylic acids is 1. The number of carboxylic acid groups (broad SMARTS) is 1. The summed E-state index contributed by atoms with van der Waals surface area (Å²) in [6, 6.07) is 0. The van der Waals surface area contributed by atoms with E-state index in [1.165, 1.54) is 0 Å². The van der Waals surface area contributed by atoms with E-state index in [9.17, 15) is 9.90 Å². The van der Waals surface area contributed by atoms with Crippen molar-refractivity contribution in [1.82, 2.24) is 0 Å². The van der Waals surface area contributed by atoms with E-state index in [0.29, 0.717) is 19.4 Å². The Morgan fingerprint density at radius 1 is 1.56 bits per heavy atom. The number of rotatable bonds is 5. The lowest BCUT2D eigenvalue weighted by molar-refractivity contribution is -0.203. The lowest BCUT2D eigenvalue weighted by atomic mass is 9.81. The first-order chi connectivity index (χ1) is 7.48. The average molecular weight is 232 g/mol. The van der Waals surface area contributed by atoms with Crippen molar-refractivity contribution in [1.29, 1.82) is 0 Å². The first kappa shape index (κ1) is 13.4. The fourth-order valence-corrected chi connectivity index (χ4v) is 2.04. The highest BCUT2D eigenvalue weighted by molar-refractivity contribution is 5.77. The molecule has 1 heterocycles. The molecule has 0 aromatic carbocycles. The zero-order valence-corrected chi connectivity index (χ0v) is 9.86. The van der Waals surface area contributed by atoms with Crippen molar-refractivity contribution in [3.05, 3.63) is 0 Å². The van der Waals surface area contributed by atoms with Crippen molar-refractivity contribution in [2.75, 3.05) is 19.8 Å². The van der Waals surface area contributed by atoms with E-state index < -0.39 is 17.2 Å². The molecule has 0 bridgehead atoms. The number of carboxylic acids is 1. The summed E-state index contributed by atoms with van der Waals surface area (Å²) < 4.78 is 10.9. The van der Waals surface area contributed by atoms with Gasteiger partial charge in [-0.1, -0.05) is 6.92 Å². The third-order valence-corrected chi connectivity index (χ3v) is 3.22. The van der Waals surface area contributed by atoms with Crippen LogP contribution in [0.5, 0.6) is 0 Å². The Labute approximate surface area is 95.4 Å². The van der Waals surface area contributed by atoms with Crippen LogP contribution in [0.25, 0.3) is 0 Å². The fourth-order valence-electron chi connectivity index (χ4n) is 2.04. The third-order valence-electron chi connectivity index (χ3n) is 3.22. The van der Waals surface area contributed by atoms with Crippen LogP contribution in [0, 0.1) is 0 Å². The summed E-state index contributed by atoms with van der Waals surface area (Å²) in [5.74, 6) is -0.969. The molecule has 0 aromatic rings. The molecule has 0 radical (unpaired) electrons. The molecule has 1 fully saturated rings. The van der Waals surface area contributed by atoms with Gasteiger partial charge in [-0.05, 0) is 13.3 Å². The molecular formula is C11H20O5. The molecule has 0 amide bonds. The first-order valence-electron chi connectivity index (χ1n) is 5.60. The molecule has 1 saturated heterocycles. The summed E-state index contributed by atoms with van der Waals surface area (Å²) >= 11 is 0. The van der Waals surface area contributed by atoms with Crippen molar-refractivity contribution in [3.8, 4) is 0 Å². The summed E-state index contributed by atoms with van der Waals surface area (Å²) in [5, 5.41) is 18.0. The smallest absolute Gasteiger partial charge is 0.336 e. The molecule has 2 N–H and O–H groups in total. The average Bonchev–Trinajstić information content (AvgIpc) is 2.26. The maximum absolute atomic E-state index is 11.3. The Bertz CT molecular complexity index is 255. The lowest BCUT2D eigenvalue weighted by Crippen LogP contribution is -2.53. The van der Waals surface area contributed by atoms with Gasteiger partial charge in [0, 0.05) is 12.8 Å². The number of hydrogen-bond donors (Lipinski definition) is 2. The summed E-state index contributed by atoms with van der Waals surface area (Å²) in [6.07, 6.45) is 1.40. The SMILES string of the molecule is CCC1(C)CC(OCCO)(C(=O)O)CCO1. The maximum atomic E-state index is 11.3. The zero-order chi connectivity index (χ0) is 12.2. The van der Waals surface area contributed by atoms with Gasteiger partial charge in [-0.25, -0.2) is 4.79 Å². The van der Waals surface area contributed by atoms with E-state index in [-0.39, 0.29) is 13.2 Å². The normalized spacial score (nSPS) is 34.9. The second kappa shape index (κ2) is 5.12. The Morgan fingerprint density at radius 2 is 2.25 bits per heavy atom. The van der Waals surface area contributed by atoms with Gasteiger partial charge < -0.3 is 19.7 Å². The van der Waals surface area contributed by atoms with Gasteiger partial charge in [0.05, 0.1) is 25.4 Å². The highest BCUT2D eigenvalue weighted by Crippen LogP contribution is 2.37. The Kier molecular flexibility index (Phi) is 4.29. The predicted octanol–water partition coefficient (Wildman–Crippen LogP) is 0.798. The van der Waals surface area contributed by atoms with Gasteiger partial charge in [0.15, 0.2) is 5.60 Å². The summed E-state index contributed by atoms with van der Waals surface area (Å²) in [5.41, 5.74) is -1.65. The van der Waals surface area contributed by atoms with Crippen molar-refractivity contribution in [3.63, 3.8) is 0 Å². The Hall–Kier alpha value is -0.650. The molecule has 2 atom stereocenters. The van der Waals surface area contributed by atoms with Crippen LogP contribution in [-0.2, 0) is 14.3 Å². The van der Waals surface area contributed by atoms with Gasteiger partial charge in [-0.3, -0.25) is 0 Å². The monoisotopic (exact) mass is 232 g/mol. The summed E-state index contributed by atoms with van der Waals surface area (Å²) in [7, 11) is 0. The van der Waals surface area contributed by atoms with E-state index in [1.807, 2.05) is 13.8 Å². The number of ether oxygens (including phenoxy) is 2. The molecule has 1 aliphatic rings. The first-order valence-corrected chi connectivity index (χ1v) is 5.60. The largest absolute Gasteiger partial charge is 0.479 e. The van der Waals surface area contributed by atoms with Gasteiger partial charge in [0.2, 0.25) is 0 Å². The molecule has 0 aliphatic carbocycles. The molecular weight excluding hydrogens is 212 g/mol. The Balaban J connectivity index is 2.80. The van der Waals surface area contributed by atoms with Crippen LogP contribution < -0.4 is 0 Å². The van der Waals surface area contributed by atoms with Crippen LogP contribution in [0.15, 0.2) is 0 Å². The fraction of sp³-hybridized carbons (Fsp3) is 0.909. The molecule has 0 aromatic heterocycles. The van der Waals surface area contributed by atoms with Crippen LogP contribution >= 0.6 is 0 Å². The lowest BCUT2D eigenvalue weighted by Gasteiger charge is -2.43.